The second kappa shape index (κ2) is 12.9. The fourth-order valence-electron chi connectivity index (χ4n) is 4.75. The minimum atomic E-state index is -0.158. The summed E-state index contributed by atoms with van der Waals surface area (Å²) in [6.45, 7) is 4.66. The zero-order valence-electron chi connectivity index (χ0n) is 20.3. The summed E-state index contributed by atoms with van der Waals surface area (Å²) in [6, 6.07) is 11.0. The standard InChI is InChI=1S/C28H42N4/c1-22(20-24-11-5-4-6-12-24)10-9-13-25-16-17-26(30-19-18-23(25)2)14-7-8-15-27-21-31-28(29)32(27)3/h4-6,11-12,17,19-21,23,25,27-28H,7-10,13-16,18,29H2,1-3H3. The molecule has 2 heterocycles. The number of hydrogen-bond donors (Lipinski definition) is 1. The lowest BCUT2D eigenvalue weighted by molar-refractivity contribution is 0.240. The van der Waals surface area contributed by atoms with Crippen molar-refractivity contribution in [2.75, 3.05) is 7.05 Å². The zero-order valence-corrected chi connectivity index (χ0v) is 20.3. The normalized spacial score (nSPS) is 26.8. The summed E-state index contributed by atoms with van der Waals surface area (Å²) in [6.07, 6.45) is 19.4. The van der Waals surface area contributed by atoms with Gasteiger partial charge in [0.25, 0.3) is 0 Å². The first-order valence-corrected chi connectivity index (χ1v) is 12.5. The van der Waals surface area contributed by atoms with E-state index in [0.29, 0.717) is 12.0 Å². The number of nitrogens with zero attached hydrogens (tertiary/aromatic N) is 3. The Morgan fingerprint density at radius 3 is 2.69 bits per heavy atom. The molecule has 2 aliphatic rings. The molecule has 4 nitrogen and oxygen atoms in total. The average molecular weight is 435 g/mol. The molecule has 174 valence electrons. The van der Waals surface area contributed by atoms with Crippen molar-refractivity contribution in [1.82, 2.24) is 4.90 Å². The Hall–Kier alpha value is -2.04. The topological polar surface area (TPSA) is 54.0 Å². The van der Waals surface area contributed by atoms with E-state index in [1.807, 2.05) is 6.21 Å². The highest BCUT2D eigenvalue weighted by Gasteiger charge is 2.22. The van der Waals surface area contributed by atoms with Crippen molar-refractivity contribution < 1.29 is 0 Å². The Balaban J connectivity index is 1.40. The zero-order chi connectivity index (χ0) is 22.8. The largest absolute Gasteiger partial charge is 0.297 e. The summed E-state index contributed by atoms with van der Waals surface area (Å²) in [5.41, 5.74) is 10.00. The van der Waals surface area contributed by atoms with Gasteiger partial charge in [-0.05, 0) is 82.7 Å². The minimum Gasteiger partial charge on any atom is -0.297 e. The number of allylic oxidation sites excluding steroid dienone is 3. The maximum atomic E-state index is 5.93. The summed E-state index contributed by atoms with van der Waals surface area (Å²) in [5.74, 6) is 1.46. The molecule has 1 aromatic rings. The fraction of sp³-hybridized carbons (Fsp3) is 0.571. The summed E-state index contributed by atoms with van der Waals surface area (Å²) >= 11 is 0. The van der Waals surface area contributed by atoms with Crippen LogP contribution >= 0.6 is 0 Å². The molecular formula is C28H42N4. The van der Waals surface area contributed by atoms with Crippen LogP contribution in [0, 0.1) is 11.8 Å². The third-order valence-corrected chi connectivity index (χ3v) is 7.09. The van der Waals surface area contributed by atoms with Gasteiger partial charge in [0, 0.05) is 24.2 Å². The SMILES string of the molecule is CC(=Cc1ccccc1)CCCC1CC=C(CCCCC2C=NC(N)N2C)N=CCC1C. The van der Waals surface area contributed by atoms with Crippen LogP contribution in [0.5, 0.6) is 0 Å². The van der Waals surface area contributed by atoms with Gasteiger partial charge in [0.05, 0.1) is 0 Å². The van der Waals surface area contributed by atoms with E-state index in [-0.39, 0.29) is 6.29 Å². The van der Waals surface area contributed by atoms with Crippen LogP contribution in [0.4, 0.5) is 0 Å². The molecule has 0 aromatic heterocycles. The van der Waals surface area contributed by atoms with Gasteiger partial charge in [0.15, 0.2) is 6.29 Å². The molecule has 2 aliphatic heterocycles. The van der Waals surface area contributed by atoms with Crippen molar-refractivity contribution in [1.29, 1.82) is 0 Å². The molecule has 0 radical (unpaired) electrons. The van der Waals surface area contributed by atoms with E-state index in [4.69, 9.17) is 10.7 Å². The Kier molecular flexibility index (Phi) is 9.89. The molecule has 0 saturated heterocycles. The van der Waals surface area contributed by atoms with Crippen molar-refractivity contribution in [2.45, 2.75) is 84.0 Å². The molecule has 3 rings (SSSR count). The summed E-state index contributed by atoms with van der Waals surface area (Å²) in [5, 5.41) is 0. The summed E-state index contributed by atoms with van der Waals surface area (Å²) in [4.78, 5) is 11.2. The van der Waals surface area contributed by atoms with Crippen molar-refractivity contribution in [3.05, 3.63) is 53.2 Å². The first kappa shape index (κ1) is 24.6. The number of nitrogens with two attached hydrogens (primary N) is 1. The van der Waals surface area contributed by atoms with Crippen molar-refractivity contribution in [3.8, 4) is 0 Å². The van der Waals surface area contributed by atoms with E-state index in [1.54, 1.807) is 0 Å². The number of rotatable bonds is 10. The molecule has 4 heteroatoms. The lowest BCUT2D eigenvalue weighted by atomic mass is 9.83. The molecular weight excluding hydrogens is 392 g/mol. The Labute approximate surface area is 195 Å². The Bertz CT molecular complexity index is 808. The first-order chi connectivity index (χ1) is 15.5. The van der Waals surface area contributed by atoms with Gasteiger partial charge in [-0.25, -0.2) is 0 Å². The van der Waals surface area contributed by atoms with E-state index in [1.165, 1.54) is 55.4 Å². The van der Waals surface area contributed by atoms with Crippen LogP contribution < -0.4 is 5.73 Å². The monoisotopic (exact) mass is 434 g/mol. The smallest absolute Gasteiger partial charge is 0.153 e. The van der Waals surface area contributed by atoms with E-state index in [2.05, 4.69) is 79.5 Å². The van der Waals surface area contributed by atoms with Crippen LogP contribution in [-0.2, 0) is 0 Å². The second-order valence-electron chi connectivity index (χ2n) is 9.70. The molecule has 0 spiro atoms. The average Bonchev–Trinajstić information content (AvgIpc) is 3.09. The van der Waals surface area contributed by atoms with Crippen molar-refractivity contribution >= 4 is 18.5 Å². The highest BCUT2D eigenvalue weighted by Crippen LogP contribution is 2.29. The van der Waals surface area contributed by atoms with Gasteiger partial charge in [-0.2, -0.15) is 0 Å². The van der Waals surface area contributed by atoms with Crippen molar-refractivity contribution in [3.63, 3.8) is 0 Å². The van der Waals surface area contributed by atoms with Gasteiger partial charge in [-0.1, -0.05) is 61.4 Å². The molecule has 2 N–H and O–H groups in total. The van der Waals surface area contributed by atoms with Crippen LogP contribution in [0.25, 0.3) is 6.08 Å². The van der Waals surface area contributed by atoms with Crippen molar-refractivity contribution in [2.24, 2.45) is 27.6 Å². The quantitative estimate of drug-likeness (QED) is 0.430. The third-order valence-electron chi connectivity index (χ3n) is 7.09. The van der Waals surface area contributed by atoms with Gasteiger partial charge < -0.3 is 0 Å². The predicted molar refractivity (Wildman–Crippen MR) is 139 cm³/mol. The number of benzene rings is 1. The van der Waals surface area contributed by atoms with Gasteiger partial charge in [0.1, 0.15) is 0 Å². The van der Waals surface area contributed by atoms with Gasteiger partial charge in [-0.15, -0.1) is 0 Å². The van der Waals surface area contributed by atoms with Crippen LogP contribution in [-0.4, -0.2) is 36.7 Å². The summed E-state index contributed by atoms with van der Waals surface area (Å²) in [7, 11) is 2.06. The van der Waals surface area contributed by atoms with Crippen LogP contribution in [0.1, 0.15) is 77.2 Å². The highest BCUT2D eigenvalue weighted by atomic mass is 15.3. The van der Waals surface area contributed by atoms with Crippen LogP contribution in [0.2, 0.25) is 0 Å². The molecule has 0 amide bonds. The minimum absolute atomic E-state index is 0.158. The molecule has 0 saturated carbocycles. The van der Waals surface area contributed by atoms with Gasteiger partial charge >= 0.3 is 0 Å². The molecule has 1 aromatic carbocycles. The predicted octanol–water partition coefficient (Wildman–Crippen LogP) is 6.45. The van der Waals surface area contributed by atoms with Gasteiger partial charge in [0.2, 0.25) is 0 Å². The van der Waals surface area contributed by atoms with Gasteiger partial charge in [-0.3, -0.25) is 20.6 Å². The molecule has 4 atom stereocenters. The molecule has 32 heavy (non-hydrogen) atoms. The Morgan fingerprint density at radius 2 is 1.94 bits per heavy atom. The van der Waals surface area contributed by atoms with E-state index >= 15 is 0 Å². The third kappa shape index (κ3) is 7.83. The highest BCUT2D eigenvalue weighted by molar-refractivity contribution is 5.66. The molecule has 4 unspecified atom stereocenters. The molecule has 0 aliphatic carbocycles. The van der Waals surface area contributed by atoms with Crippen LogP contribution in [0.3, 0.4) is 0 Å². The maximum absolute atomic E-state index is 5.93. The number of aliphatic imine (C=N–C) groups is 2. The molecule has 0 bridgehead atoms. The van der Waals surface area contributed by atoms with E-state index < -0.39 is 0 Å². The van der Waals surface area contributed by atoms with E-state index in [0.717, 1.165) is 25.2 Å². The summed E-state index contributed by atoms with van der Waals surface area (Å²) < 4.78 is 0. The molecule has 0 fully saturated rings. The maximum Gasteiger partial charge on any atom is 0.153 e. The number of hydrogen-bond acceptors (Lipinski definition) is 4. The van der Waals surface area contributed by atoms with Crippen LogP contribution in [0.15, 0.2) is 57.7 Å². The lowest BCUT2D eigenvalue weighted by Gasteiger charge is -2.24. The second-order valence-corrected chi connectivity index (χ2v) is 9.70. The Morgan fingerprint density at radius 1 is 1.12 bits per heavy atom. The fourth-order valence-corrected chi connectivity index (χ4v) is 4.75. The number of unbranched alkanes of at least 4 members (excludes halogenated alkanes) is 1. The first-order valence-electron chi connectivity index (χ1n) is 12.5. The van der Waals surface area contributed by atoms with E-state index in [9.17, 15) is 0 Å². The lowest BCUT2D eigenvalue weighted by Crippen LogP contribution is -2.39.